The SMILES string of the molecule is C=C(C)CN1CCC(CN(CC)CCNC)CC1. The average Bonchev–Trinajstić information content (AvgIpc) is 2.36. The third-order valence-corrected chi connectivity index (χ3v) is 3.84. The van der Waals surface area contributed by atoms with Gasteiger partial charge in [-0.2, -0.15) is 0 Å². The van der Waals surface area contributed by atoms with Gasteiger partial charge in [0, 0.05) is 26.2 Å². The van der Waals surface area contributed by atoms with Gasteiger partial charge >= 0.3 is 0 Å². The molecule has 1 aliphatic rings. The first-order valence-corrected chi connectivity index (χ1v) is 7.39. The van der Waals surface area contributed by atoms with E-state index in [4.69, 9.17) is 0 Å². The fourth-order valence-electron chi connectivity index (χ4n) is 2.72. The van der Waals surface area contributed by atoms with Crippen LogP contribution in [0.25, 0.3) is 0 Å². The molecule has 1 fully saturated rings. The predicted molar refractivity (Wildman–Crippen MR) is 80.0 cm³/mol. The zero-order valence-electron chi connectivity index (χ0n) is 12.5. The zero-order chi connectivity index (χ0) is 13.4. The first-order valence-electron chi connectivity index (χ1n) is 7.39. The van der Waals surface area contributed by atoms with Gasteiger partial charge in [-0.25, -0.2) is 0 Å². The molecular weight excluding hydrogens is 222 g/mol. The molecule has 106 valence electrons. The third kappa shape index (κ3) is 5.98. The second kappa shape index (κ2) is 8.68. The Morgan fingerprint density at radius 1 is 1.39 bits per heavy atom. The highest BCUT2D eigenvalue weighted by molar-refractivity contribution is 4.93. The Morgan fingerprint density at radius 2 is 2.06 bits per heavy atom. The quantitative estimate of drug-likeness (QED) is 0.666. The predicted octanol–water partition coefficient (Wildman–Crippen LogP) is 1.82. The van der Waals surface area contributed by atoms with Crippen LogP contribution in [0.1, 0.15) is 26.7 Å². The van der Waals surface area contributed by atoms with Gasteiger partial charge in [-0.1, -0.05) is 19.1 Å². The van der Waals surface area contributed by atoms with Crippen molar-refractivity contribution in [1.82, 2.24) is 15.1 Å². The van der Waals surface area contributed by atoms with E-state index in [0.29, 0.717) is 0 Å². The lowest BCUT2D eigenvalue weighted by molar-refractivity contribution is 0.153. The molecule has 0 aliphatic carbocycles. The van der Waals surface area contributed by atoms with E-state index in [0.717, 1.165) is 19.0 Å². The van der Waals surface area contributed by atoms with Crippen molar-refractivity contribution in [2.45, 2.75) is 26.7 Å². The Kier molecular flexibility index (Phi) is 7.56. The lowest BCUT2D eigenvalue weighted by Crippen LogP contribution is -2.40. The fraction of sp³-hybridized carbons (Fsp3) is 0.867. The van der Waals surface area contributed by atoms with Crippen LogP contribution in [0, 0.1) is 5.92 Å². The first kappa shape index (κ1) is 15.7. The van der Waals surface area contributed by atoms with E-state index < -0.39 is 0 Å². The van der Waals surface area contributed by atoms with Gasteiger partial charge in [0.15, 0.2) is 0 Å². The summed E-state index contributed by atoms with van der Waals surface area (Å²) in [7, 11) is 2.03. The molecule has 0 aromatic heterocycles. The van der Waals surface area contributed by atoms with Crippen LogP contribution in [-0.2, 0) is 0 Å². The molecule has 0 amide bonds. The average molecular weight is 253 g/mol. The molecule has 3 heteroatoms. The van der Waals surface area contributed by atoms with Crippen molar-refractivity contribution in [3.63, 3.8) is 0 Å². The molecule has 1 saturated heterocycles. The number of likely N-dealkylation sites (tertiary alicyclic amines) is 1. The largest absolute Gasteiger partial charge is 0.318 e. The number of hydrogen-bond donors (Lipinski definition) is 1. The first-order chi connectivity index (χ1) is 8.65. The molecule has 0 radical (unpaired) electrons. The minimum Gasteiger partial charge on any atom is -0.318 e. The number of rotatable bonds is 8. The van der Waals surface area contributed by atoms with Gasteiger partial charge in [-0.3, -0.25) is 4.90 Å². The highest BCUT2D eigenvalue weighted by Gasteiger charge is 2.20. The minimum atomic E-state index is 0.892. The van der Waals surface area contributed by atoms with Crippen molar-refractivity contribution in [2.24, 2.45) is 5.92 Å². The molecule has 1 N–H and O–H groups in total. The lowest BCUT2D eigenvalue weighted by Gasteiger charge is -2.34. The number of likely N-dealkylation sites (N-methyl/N-ethyl adjacent to an activating group) is 2. The molecule has 1 aliphatic heterocycles. The molecule has 0 spiro atoms. The van der Waals surface area contributed by atoms with Crippen molar-refractivity contribution < 1.29 is 0 Å². The van der Waals surface area contributed by atoms with Crippen LogP contribution in [-0.4, -0.2) is 62.7 Å². The summed E-state index contributed by atoms with van der Waals surface area (Å²) < 4.78 is 0. The molecular formula is C15H31N3. The molecule has 1 rings (SSSR count). The van der Waals surface area contributed by atoms with Crippen molar-refractivity contribution in [2.75, 3.05) is 52.9 Å². The Balaban J connectivity index is 2.23. The van der Waals surface area contributed by atoms with Crippen LogP contribution >= 0.6 is 0 Å². The maximum Gasteiger partial charge on any atom is 0.0187 e. The van der Waals surface area contributed by atoms with E-state index in [2.05, 4.69) is 35.5 Å². The second-order valence-electron chi connectivity index (χ2n) is 5.67. The van der Waals surface area contributed by atoms with E-state index in [9.17, 15) is 0 Å². The molecule has 0 unspecified atom stereocenters. The van der Waals surface area contributed by atoms with Crippen molar-refractivity contribution in [3.8, 4) is 0 Å². The lowest BCUT2D eigenvalue weighted by atomic mass is 9.96. The van der Waals surface area contributed by atoms with E-state index in [1.807, 2.05) is 7.05 Å². The van der Waals surface area contributed by atoms with E-state index >= 15 is 0 Å². The highest BCUT2D eigenvalue weighted by Crippen LogP contribution is 2.18. The monoisotopic (exact) mass is 253 g/mol. The van der Waals surface area contributed by atoms with Crippen LogP contribution in [0.4, 0.5) is 0 Å². The van der Waals surface area contributed by atoms with E-state index in [1.165, 1.54) is 51.1 Å². The smallest absolute Gasteiger partial charge is 0.0187 e. The maximum absolute atomic E-state index is 4.01. The van der Waals surface area contributed by atoms with Gasteiger partial charge in [0.05, 0.1) is 0 Å². The van der Waals surface area contributed by atoms with Crippen LogP contribution < -0.4 is 5.32 Å². The summed E-state index contributed by atoms with van der Waals surface area (Å²) in [5, 5.41) is 3.24. The van der Waals surface area contributed by atoms with Gasteiger partial charge in [0.2, 0.25) is 0 Å². The van der Waals surface area contributed by atoms with Gasteiger partial charge in [-0.15, -0.1) is 0 Å². The Hall–Kier alpha value is -0.380. The second-order valence-corrected chi connectivity index (χ2v) is 5.67. The van der Waals surface area contributed by atoms with Crippen LogP contribution in [0.15, 0.2) is 12.2 Å². The van der Waals surface area contributed by atoms with Gasteiger partial charge in [0.25, 0.3) is 0 Å². The zero-order valence-corrected chi connectivity index (χ0v) is 12.5. The number of nitrogens with one attached hydrogen (secondary N) is 1. The van der Waals surface area contributed by atoms with Crippen LogP contribution in [0.5, 0.6) is 0 Å². The van der Waals surface area contributed by atoms with E-state index in [-0.39, 0.29) is 0 Å². The Morgan fingerprint density at radius 3 is 2.56 bits per heavy atom. The molecule has 0 atom stereocenters. The van der Waals surface area contributed by atoms with Crippen molar-refractivity contribution >= 4 is 0 Å². The standard InChI is InChI=1S/C15H31N3/c1-5-17(11-8-16-4)13-15-6-9-18(10-7-15)12-14(2)3/h15-16H,2,5-13H2,1,3-4H3. The maximum atomic E-state index is 4.01. The van der Waals surface area contributed by atoms with Crippen molar-refractivity contribution in [1.29, 1.82) is 0 Å². The minimum absolute atomic E-state index is 0.892. The van der Waals surface area contributed by atoms with Gasteiger partial charge < -0.3 is 10.2 Å². The van der Waals surface area contributed by atoms with Gasteiger partial charge in [0.1, 0.15) is 0 Å². The summed E-state index contributed by atoms with van der Waals surface area (Å²) in [5.41, 5.74) is 1.29. The van der Waals surface area contributed by atoms with Crippen molar-refractivity contribution in [3.05, 3.63) is 12.2 Å². The number of piperidine rings is 1. The topological polar surface area (TPSA) is 18.5 Å². The Labute approximate surface area is 113 Å². The summed E-state index contributed by atoms with van der Waals surface area (Å²) in [6.07, 6.45) is 2.70. The summed E-state index contributed by atoms with van der Waals surface area (Å²) in [6, 6.07) is 0. The molecule has 0 aromatic rings. The molecule has 18 heavy (non-hydrogen) atoms. The highest BCUT2D eigenvalue weighted by atomic mass is 15.2. The normalized spacial score (nSPS) is 18.4. The fourth-order valence-corrected chi connectivity index (χ4v) is 2.72. The summed E-state index contributed by atoms with van der Waals surface area (Å²) in [5.74, 6) is 0.892. The third-order valence-electron chi connectivity index (χ3n) is 3.84. The molecule has 1 heterocycles. The molecule has 0 aromatic carbocycles. The molecule has 0 saturated carbocycles. The van der Waals surface area contributed by atoms with Crippen LogP contribution in [0.2, 0.25) is 0 Å². The summed E-state index contributed by atoms with van der Waals surface area (Å²) in [4.78, 5) is 5.12. The van der Waals surface area contributed by atoms with E-state index in [1.54, 1.807) is 0 Å². The Bertz CT molecular complexity index is 232. The van der Waals surface area contributed by atoms with Crippen LogP contribution in [0.3, 0.4) is 0 Å². The summed E-state index contributed by atoms with van der Waals surface area (Å²) in [6.45, 7) is 16.7. The number of hydrogen-bond acceptors (Lipinski definition) is 3. The summed E-state index contributed by atoms with van der Waals surface area (Å²) >= 11 is 0. The van der Waals surface area contributed by atoms with Gasteiger partial charge in [-0.05, 0) is 52.4 Å². The number of nitrogens with zero attached hydrogens (tertiary/aromatic N) is 2. The molecule has 3 nitrogen and oxygen atoms in total. The molecule has 0 bridgehead atoms.